The van der Waals surface area contributed by atoms with Crippen molar-refractivity contribution in [2.45, 2.75) is 38.1 Å². The summed E-state index contributed by atoms with van der Waals surface area (Å²) in [5.41, 5.74) is 1.61. The first-order chi connectivity index (χ1) is 6.45. The van der Waals surface area contributed by atoms with Crippen LogP contribution in [0.1, 0.15) is 32.1 Å². The molecule has 1 unspecified atom stereocenters. The third kappa shape index (κ3) is 2.82. The Morgan fingerprint density at radius 3 is 3.15 bits per heavy atom. The van der Waals surface area contributed by atoms with Crippen molar-refractivity contribution in [1.82, 2.24) is 5.32 Å². The molecule has 2 rings (SSSR count). The molecule has 2 aliphatic rings. The van der Waals surface area contributed by atoms with Gasteiger partial charge in [0.1, 0.15) is 0 Å². The monoisotopic (exact) mass is 181 g/mol. The van der Waals surface area contributed by atoms with Gasteiger partial charge in [-0.2, -0.15) is 0 Å². The summed E-state index contributed by atoms with van der Waals surface area (Å²) in [5.74, 6) is 0. The molecule has 1 saturated heterocycles. The highest BCUT2D eigenvalue weighted by Gasteiger charge is 2.15. The molecule has 1 heterocycles. The minimum Gasteiger partial charge on any atom is -0.380 e. The molecule has 13 heavy (non-hydrogen) atoms. The van der Waals surface area contributed by atoms with Gasteiger partial charge in [-0.3, -0.25) is 0 Å². The van der Waals surface area contributed by atoms with E-state index < -0.39 is 0 Å². The SMILES string of the molecule is C1=C(CNC2CCOC2)CCCC1. The average molecular weight is 181 g/mol. The normalized spacial score (nSPS) is 28.9. The molecule has 0 saturated carbocycles. The van der Waals surface area contributed by atoms with Crippen LogP contribution in [0.3, 0.4) is 0 Å². The Morgan fingerprint density at radius 2 is 2.46 bits per heavy atom. The second-order valence-electron chi connectivity index (χ2n) is 4.05. The minimum absolute atomic E-state index is 0.614. The van der Waals surface area contributed by atoms with E-state index in [9.17, 15) is 0 Å². The summed E-state index contributed by atoms with van der Waals surface area (Å²) in [6, 6.07) is 0.614. The lowest BCUT2D eigenvalue weighted by molar-refractivity contribution is 0.190. The Kier molecular flexibility index (Phi) is 3.39. The van der Waals surface area contributed by atoms with Crippen molar-refractivity contribution >= 4 is 0 Å². The van der Waals surface area contributed by atoms with Crippen molar-refractivity contribution in [2.75, 3.05) is 19.8 Å². The molecule has 0 bridgehead atoms. The predicted octanol–water partition coefficient (Wildman–Crippen LogP) is 1.87. The first-order valence-corrected chi connectivity index (χ1v) is 5.44. The topological polar surface area (TPSA) is 21.3 Å². The molecule has 1 atom stereocenters. The zero-order chi connectivity index (χ0) is 8.93. The number of hydrogen-bond acceptors (Lipinski definition) is 2. The lowest BCUT2D eigenvalue weighted by Gasteiger charge is -2.16. The molecule has 0 aromatic carbocycles. The highest BCUT2D eigenvalue weighted by atomic mass is 16.5. The van der Waals surface area contributed by atoms with E-state index in [2.05, 4.69) is 11.4 Å². The van der Waals surface area contributed by atoms with Gasteiger partial charge < -0.3 is 10.1 Å². The zero-order valence-corrected chi connectivity index (χ0v) is 8.22. The van der Waals surface area contributed by atoms with Gasteiger partial charge in [-0.25, -0.2) is 0 Å². The number of hydrogen-bond donors (Lipinski definition) is 1. The third-order valence-electron chi connectivity index (χ3n) is 2.93. The summed E-state index contributed by atoms with van der Waals surface area (Å²) in [4.78, 5) is 0. The van der Waals surface area contributed by atoms with Gasteiger partial charge in [0, 0.05) is 19.2 Å². The summed E-state index contributed by atoms with van der Waals surface area (Å²) < 4.78 is 5.32. The molecule has 0 aromatic rings. The molecule has 1 fully saturated rings. The first-order valence-electron chi connectivity index (χ1n) is 5.44. The smallest absolute Gasteiger partial charge is 0.0620 e. The van der Waals surface area contributed by atoms with Crippen molar-refractivity contribution in [2.24, 2.45) is 0 Å². The summed E-state index contributed by atoms with van der Waals surface area (Å²) in [6.45, 7) is 2.94. The van der Waals surface area contributed by atoms with E-state index in [0.29, 0.717) is 6.04 Å². The number of allylic oxidation sites excluding steroid dienone is 1. The summed E-state index contributed by atoms with van der Waals surface area (Å²) in [6.07, 6.45) is 8.96. The van der Waals surface area contributed by atoms with Gasteiger partial charge in [0.25, 0.3) is 0 Å². The van der Waals surface area contributed by atoms with Crippen LogP contribution in [0.15, 0.2) is 11.6 Å². The van der Waals surface area contributed by atoms with Gasteiger partial charge in [-0.1, -0.05) is 11.6 Å². The molecular weight excluding hydrogens is 162 g/mol. The van der Waals surface area contributed by atoms with Gasteiger partial charge in [0.15, 0.2) is 0 Å². The molecule has 74 valence electrons. The maximum Gasteiger partial charge on any atom is 0.0620 e. The van der Waals surface area contributed by atoms with Crippen molar-refractivity contribution in [3.05, 3.63) is 11.6 Å². The second kappa shape index (κ2) is 4.77. The third-order valence-corrected chi connectivity index (χ3v) is 2.93. The van der Waals surface area contributed by atoms with E-state index in [1.165, 1.54) is 32.1 Å². The number of nitrogens with one attached hydrogen (secondary N) is 1. The fourth-order valence-electron chi connectivity index (χ4n) is 2.04. The maximum atomic E-state index is 5.32. The summed E-state index contributed by atoms with van der Waals surface area (Å²) in [7, 11) is 0. The van der Waals surface area contributed by atoms with Gasteiger partial charge >= 0.3 is 0 Å². The van der Waals surface area contributed by atoms with Gasteiger partial charge in [0.05, 0.1) is 6.61 Å². The van der Waals surface area contributed by atoms with Crippen LogP contribution in [0.4, 0.5) is 0 Å². The maximum absolute atomic E-state index is 5.32. The molecule has 1 aliphatic heterocycles. The Balaban J connectivity index is 1.68. The van der Waals surface area contributed by atoms with Crippen molar-refractivity contribution in [3.63, 3.8) is 0 Å². The standard InChI is InChI=1S/C11H19NO/c1-2-4-10(5-3-1)8-12-11-6-7-13-9-11/h4,11-12H,1-3,5-9H2. The van der Waals surface area contributed by atoms with E-state index in [1.54, 1.807) is 5.57 Å². The highest BCUT2D eigenvalue weighted by molar-refractivity contribution is 5.07. The van der Waals surface area contributed by atoms with E-state index in [0.717, 1.165) is 19.8 Å². The zero-order valence-electron chi connectivity index (χ0n) is 8.22. The number of ether oxygens (including phenoxy) is 1. The summed E-state index contributed by atoms with van der Waals surface area (Å²) in [5, 5.41) is 3.56. The fourth-order valence-corrected chi connectivity index (χ4v) is 2.04. The Morgan fingerprint density at radius 1 is 1.46 bits per heavy atom. The van der Waals surface area contributed by atoms with E-state index in [1.807, 2.05) is 0 Å². The van der Waals surface area contributed by atoms with E-state index >= 15 is 0 Å². The van der Waals surface area contributed by atoms with Crippen LogP contribution < -0.4 is 5.32 Å². The quantitative estimate of drug-likeness (QED) is 0.671. The molecule has 0 spiro atoms. The molecule has 0 radical (unpaired) electrons. The number of rotatable bonds is 3. The molecule has 2 heteroatoms. The van der Waals surface area contributed by atoms with Gasteiger partial charge in [-0.15, -0.1) is 0 Å². The van der Waals surface area contributed by atoms with Crippen molar-refractivity contribution < 1.29 is 4.74 Å². The lowest BCUT2D eigenvalue weighted by Crippen LogP contribution is -2.31. The fraction of sp³-hybridized carbons (Fsp3) is 0.818. The van der Waals surface area contributed by atoms with Gasteiger partial charge in [0.2, 0.25) is 0 Å². The van der Waals surface area contributed by atoms with E-state index in [4.69, 9.17) is 4.74 Å². The molecule has 1 aliphatic carbocycles. The lowest BCUT2D eigenvalue weighted by atomic mass is 9.99. The highest BCUT2D eigenvalue weighted by Crippen LogP contribution is 2.16. The van der Waals surface area contributed by atoms with Crippen LogP contribution in [0.5, 0.6) is 0 Å². The second-order valence-corrected chi connectivity index (χ2v) is 4.05. The van der Waals surface area contributed by atoms with Crippen LogP contribution in [0.25, 0.3) is 0 Å². The average Bonchev–Trinajstić information content (AvgIpc) is 2.69. The Hall–Kier alpha value is -0.340. The minimum atomic E-state index is 0.614. The van der Waals surface area contributed by atoms with Crippen molar-refractivity contribution in [3.8, 4) is 0 Å². The molecular formula is C11H19NO. The van der Waals surface area contributed by atoms with Crippen LogP contribution in [-0.2, 0) is 4.74 Å². The van der Waals surface area contributed by atoms with Gasteiger partial charge in [-0.05, 0) is 32.1 Å². The van der Waals surface area contributed by atoms with E-state index in [-0.39, 0.29) is 0 Å². The Labute approximate surface area is 80.4 Å². The first kappa shape index (κ1) is 9.22. The molecule has 1 N–H and O–H groups in total. The largest absolute Gasteiger partial charge is 0.380 e. The molecule has 0 aromatic heterocycles. The van der Waals surface area contributed by atoms with Crippen LogP contribution in [-0.4, -0.2) is 25.8 Å². The van der Waals surface area contributed by atoms with Crippen LogP contribution >= 0.6 is 0 Å². The molecule has 2 nitrogen and oxygen atoms in total. The predicted molar refractivity (Wildman–Crippen MR) is 53.8 cm³/mol. The van der Waals surface area contributed by atoms with Crippen LogP contribution in [0, 0.1) is 0 Å². The molecule has 0 amide bonds. The van der Waals surface area contributed by atoms with Crippen LogP contribution in [0.2, 0.25) is 0 Å². The Bertz CT molecular complexity index is 183. The summed E-state index contributed by atoms with van der Waals surface area (Å²) >= 11 is 0. The van der Waals surface area contributed by atoms with Crippen molar-refractivity contribution in [1.29, 1.82) is 0 Å².